The highest BCUT2D eigenvalue weighted by molar-refractivity contribution is 7.16. The minimum absolute atomic E-state index is 0.0224. The number of hydrogen-bond acceptors (Lipinski definition) is 4. The van der Waals surface area contributed by atoms with Gasteiger partial charge < -0.3 is 10.0 Å². The molecule has 0 saturated carbocycles. The molecule has 1 aromatic heterocycles. The zero-order valence-corrected chi connectivity index (χ0v) is 12.6. The molecule has 3 rings (SSSR count). The second-order valence-electron chi connectivity index (χ2n) is 5.26. The molecular formula is C15H12F2N2O3S. The average molecular weight is 338 g/mol. The molecule has 0 radical (unpaired) electrons. The summed E-state index contributed by atoms with van der Waals surface area (Å²) in [5, 5.41) is 9.20. The van der Waals surface area contributed by atoms with Crippen LogP contribution in [0, 0.1) is 5.82 Å². The number of aliphatic carboxylic acids is 1. The number of halogens is 2. The van der Waals surface area contributed by atoms with Gasteiger partial charge in [0, 0.05) is 18.5 Å². The molecule has 1 unspecified atom stereocenters. The molecule has 1 N–H and O–H groups in total. The summed E-state index contributed by atoms with van der Waals surface area (Å²) in [6, 6.07) is 6.06. The number of aromatic nitrogens is 1. The highest BCUT2D eigenvalue weighted by Crippen LogP contribution is 2.31. The number of likely N-dealkylation sites (tertiary alicyclic amines) is 1. The van der Waals surface area contributed by atoms with Crippen LogP contribution in [0.25, 0.3) is 10.6 Å². The van der Waals surface area contributed by atoms with Crippen molar-refractivity contribution in [1.29, 1.82) is 0 Å². The van der Waals surface area contributed by atoms with Crippen LogP contribution in [0.2, 0.25) is 0 Å². The largest absolute Gasteiger partial charge is 0.479 e. The summed E-state index contributed by atoms with van der Waals surface area (Å²) in [6.45, 7) is -0.470. The molecule has 2 aromatic rings. The third-order valence-electron chi connectivity index (χ3n) is 3.71. The Morgan fingerprint density at radius 1 is 1.35 bits per heavy atom. The first-order chi connectivity index (χ1) is 10.9. The normalized spacial score (nSPS) is 20.7. The summed E-state index contributed by atoms with van der Waals surface area (Å²) in [6.07, 6.45) is 1.06. The van der Waals surface area contributed by atoms with Gasteiger partial charge in [0.1, 0.15) is 15.7 Å². The van der Waals surface area contributed by atoms with Crippen LogP contribution < -0.4 is 0 Å². The SMILES string of the molecule is O=C(c1cnc(-c2ccccc2F)s1)N1CCC(F)(C(=O)O)C1. The van der Waals surface area contributed by atoms with E-state index in [0.717, 1.165) is 16.2 Å². The zero-order chi connectivity index (χ0) is 16.6. The molecule has 23 heavy (non-hydrogen) atoms. The summed E-state index contributed by atoms with van der Waals surface area (Å²) in [7, 11) is 0. The third-order valence-corrected chi connectivity index (χ3v) is 4.73. The Kier molecular flexibility index (Phi) is 3.85. The maximum absolute atomic E-state index is 14.0. The van der Waals surface area contributed by atoms with Crippen molar-refractivity contribution in [3.63, 3.8) is 0 Å². The molecule has 1 aliphatic heterocycles. The summed E-state index contributed by atoms with van der Waals surface area (Å²) in [5.41, 5.74) is -2.13. The van der Waals surface area contributed by atoms with Crippen LogP contribution in [0.15, 0.2) is 30.5 Å². The number of alkyl halides is 1. The van der Waals surface area contributed by atoms with Gasteiger partial charge in [-0.05, 0) is 12.1 Å². The molecule has 120 valence electrons. The molecule has 1 aliphatic rings. The number of hydrogen-bond donors (Lipinski definition) is 1. The molecule has 1 saturated heterocycles. The van der Waals surface area contributed by atoms with E-state index in [0.29, 0.717) is 5.01 Å². The maximum Gasteiger partial charge on any atom is 0.343 e. The van der Waals surface area contributed by atoms with Crippen LogP contribution in [0.3, 0.4) is 0 Å². The fraction of sp³-hybridized carbons (Fsp3) is 0.267. The van der Waals surface area contributed by atoms with E-state index in [1.165, 1.54) is 12.3 Å². The number of carboxylic acid groups (broad SMARTS) is 1. The second kappa shape index (κ2) is 5.69. The van der Waals surface area contributed by atoms with E-state index < -0.39 is 29.9 Å². The third kappa shape index (κ3) is 2.81. The number of benzene rings is 1. The van der Waals surface area contributed by atoms with E-state index in [2.05, 4.69) is 4.98 Å². The van der Waals surface area contributed by atoms with E-state index >= 15 is 0 Å². The Balaban J connectivity index is 1.80. The molecule has 8 heteroatoms. The lowest BCUT2D eigenvalue weighted by Gasteiger charge is -2.16. The van der Waals surface area contributed by atoms with Gasteiger partial charge in [0.2, 0.25) is 5.67 Å². The van der Waals surface area contributed by atoms with Crippen LogP contribution >= 0.6 is 11.3 Å². The first kappa shape index (κ1) is 15.5. The van der Waals surface area contributed by atoms with Gasteiger partial charge >= 0.3 is 5.97 Å². The molecule has 0 aliphatic carbocycles. The summed E-state index contributed by atoms with van der Waals surface area (Å²) >= 11 is 0.991. The van der Waals surface area contributed by atoms with Crippen molar-refractivity contribution in [3.8, 4) is 10.6 Å². The van der Waals surface area contributed by atoms with E-state index in [-0.39, 0.29) is 23.4 Å². The standard InChI is InChI=1S/C15H12F2N2O3S/c16-10-4-2-1-3-9(10)12-18-7-11(23-12)13(20)19-6-5-15(17,8-19)14(21)22/h1-4,7H,5-6,8H2,(H,21,22). The predicted octanol–water partition coefficient (Wildman–Crippen LogP) is 2.59. The Morgan fingerprint density at radius 3 is 2.74 bits per heavy atom. The van der Waals surface area contributed by atoms with Crippen LogP contribution in [0.4, 0.5) is 8.78 Å². The molecular weight excluding hydrogens is 326 g/mol. The lowest BCUT2D eigenvalue weighted by Crippen LogP contribution is -2.38. The summed E-state index contributed by atoms with van der Waals surface area (Å²) < 4.78 is 27.8. The Bertz CT molecular complexity index is 780. The van der Waals surface area contributed by atoms with Crippen LogP contribution in [-0.4, -0.2) is 45.6 Å². The fourth-order valence-electron chi connectivity index (χ4n) is 2.41. The molecule has 1 fully saturated rings. The number of carboxylic acids is 1. The number of carbonyl (C=O) groups excluding carboxylic acids is 1. The van der Waals surface area contributed by atoms with Crippen molar-refractivity contribution < 1.29 is 23.5 Å². The van der Waals surface area contributed by atoms with E-state index in [1.807, 2.05) is 0 Å². The average Bonchev–Trinajstić information content (AvgIpc) is 3.15. The molecule has 0 spiro atoms. The Hall–Kier alpha value is -2.35. The van der Waals surface area contributed by atoms with Crippen molar-refractivity contribution in [3.05, 3.63) is 41.2 Å². The molecule has 1 amide bonds. The maximum atomic E-state index is 14.0. The number of thiazole rings is 1. The number of amides is 1. The topological polar surface area (TPSA) is 70.5 Å². The van der Waals surface area contributed by atoms with Gasteiger partial charge in [0.25, 0.3) is 5.91 Å². The van der Waals surface area contributed by atoms with Crippen LogP contribution in [0.1, 0.15) is 16.1 Å². The van der Waals surface area contributed by atoms with Gasteiger partial charge in [0.05, 0.1) is 12.7 Å². The number of nitrogens with zero attached hydrogens (tertiary/aromatic N) is 2. The van der Waals surface area contributed by atoms with Gasteiger partial charge in [-0.25, -0.2) is 18.6 Å². The molecule has 0 bridgehead atoms. The lowest BCUT2D eigenvalue weighted by molar-refractivity contribution is -0.149. The Labute approximate surface area is 134 Å². The lowest BCUT2D eigenvalue weighted by atomic mass is 10.1. The predicted molar refractivity (Wildman–Crippen MR) is 79.5 cm³/mol. The highest BCUT2D eigenvalue weighted by Gasteiger charge is 2.47. The van der Waals surface area contributed by atoms with E-state index in [9.17, 15) is 18.4 Å². The van der Waals surface area contributed by atoms with Crippen molar-refractivity contribution >= 4 is 23.2 Å². The van der Waals surface area contributed by atoms with Gasteiger partial charge in [0.15, 0.2) is 0 Å². The van der Waals surface area contributed by atoms with E-state index in [1.54, 1.807) is 18.2 Å². The first-order valence-corrected chi connectivity index (χ1v) is 7.65. The van der Waals surface area contributed by atoms with Crippen molar-refractivity contribution in [1.82, 2.24) is 9.88 Å². The first-order valence-electron chi connectivity index (χ1n) is 6.83. The minimum atomic E-state index is -2.41. The molecule has 1 aromatic carbocycles. The highest BCUT2D eigenvalue weighted by atomic mass is 32.1. The van der Waals surface area contributed by atoms with Crippen LogP contribution in [0.5, 0.6) is 0 Å². The fourth-order valence-corrected chi connectivity index (χ4v) is 3.32. The smallest absolute Gasteiger partial charge is 0.343 e. The van der Waals surface area contributed by atoms with Gasteiger partial charge in [-0.2, -0.15) is 0 Å². The summed E-state index contributed by atoms with van der Waals surface area (Å²) in [5.74, 6) is -2.51. The van der Waals surface area contributed by atoms with Crippen molar-refractivity contribution in [2.24, 2.45) is 0 Å². The van der Waals surface area contributed by atoms with Crippen molar-refractivity contribution in [2.45, 2.75) is 12.1 Å². The second-order valence-corrected chi connectivity index (χ2v) is 6.29. The quantitative estimate of drug-likeness (QED) is 0.934. The summed E-state index contributed by atoms with van der Waals surface area (Å²) in [4.78, 5) is 28.6. The Morgan fingerprint density at radius 2 is 2.09 bits per heavy atom. The van der Waals surface area contributed by atoms with Crippen LogP contribution in [-0.2, 0) is 4.79 Å². The number of carbonyl (C=O) groups is 2. The van der Waals surface area contributed by atoms with Gasteiger partial charge in [-0.1, -0.05) is 12.1 Å². The monoisotopic (exact) mass is 338 g/mol. The van der Waals surface area contributed by atoms with E-state index in [4.69, 9.17) is 5.11 Å². The van der Waals surface area contributed by atoms with Crippen molar-refractivity contribution in [2.75, 3.05) is 13.1 Å². The molecule has 5 nitrogen and oxygen atoms in total. The molecule has 1 atom stereocenters. The minimum Gasteiger partial charge on any atom is -0.479 e. The van der Waals surface area contributed by atoms with Gasteiger partial charge in [-0.15, -0.1) is 11.3 Å². The van der Waals surface area contributed by atoms with Gasteiger partial charge in [-0.3, -0.25) is 4.79 Å². The zero-order valence-electron chi connectivity index (χ0n) is 11.8. The number of rotatable bonds is 3. The molecule has 2 heterocycles.